The third kappa shape index (κ3) is 4.08. The summed E-state index contributed by atoms with van der Waals surface area (Å²) in [5, 5.41) is 7.63. The van der Waals surface area contributed by atoms with Crippen molar-refractivity contribution in [3.63, 3.8) is 0 Å². The number of carbonyl (C=O) groups is 2. The number of nitrogens with zero attached hydrogens (tertiary/aromatic N) is 4. The summed E-state index contributed by atoms with van der Waals surface area (Å²) in [4.78, 5) is 29.6. The second kappa shape index (κ2) is 8.66. The van der Waals surface area contributed by atoms with E-state index in [4.69, 9.17) is 4.63 Å². The molecule has 2 heterocycles. The Morgan fingerprint density at radius 3 is 2.47 bits per heavy atom. The highest BCUT2D eigenvalue weighted by Gasteiger charge is 2.59. The third-order valence-corrected chi connectivity index (χ3v) is 7.36. The van der Waals surface area contributed by atoms with E-state index < -0.39 is 0 Å². The van der Waals surface area contributed by atoms with Crippen LogP contribution in [0.3, 0.4) is 0 Å². The number of aromatic nitrogens is 2. The second-order valence-corrected chi connectivity index (χ2v) is 9.46. The lowest BCUT2D eigenvalue weighted by atomic mass is 9.90. The van der Waals surface area contributed by atoms with Crippen LogP contribution in [-0.2, 0) is 11.3 Å². The maximum atomic E-state index is 14.0. The lowest BCUT2D eigenvalue weighted by Gasteiger charge is -2.33. The number of benzene rings is 2. The molecule has 1 aliphatic heterocycles. The number of halogens is 1. The van der Waals surface area contributed by atoms with E-state index in [1.54, 1.807) is 54.4 Å². The number of aryl methyl sites for hydroxylation is 1. The first-order valence-corrected chi connectivity index (χ1v) is 11.6. The van der Waals surface area contributed by atoms with Crippen molar-refractivity contribution in [1.29, 1.82) is 0 Å². The number of hydrogen-bond acceptors (Lipinski definition) is 5. The first kappa shape index (κ1) is 22.3. The van der Waals surface area contributed by atoms with Crippen molar-refractivity contribution >= 4 is 11.8 Å². The standard InChI is InChI=1S/C26H27FN4O3/c1-17-23(29-34-28-17)16-30(2)25(33)21-15-26(21)11-13-31(14-12-26)24(32)19-9-7-18(8-10-19)20-5-3-4-6-22(20)27/h3-10,21H,11-16H2,1-2H3/t21-/m0/s1. The fourth-order valence-corrected chi connectivity index (χ4v) is 5.04. The third-order valence-electron chi connectivity index (χ3n) is 7.36. The molecule has 1 atom stereocenters. The molecule has 2 aliphatic rings. The van der Waals surface area contributed by atoms with Gasteiger partial charge in [-0.15, -0.1) is 0 Å². The predicted molar refractivity (Wildman–Crippen MR) is 123 cm³/mol. The van der Waals surface area contributed by atoms with Gasteiger partial charge in [0.1, 0.15) is 17.2 Å². The van der Waals surface area contributed by atoms with Crippen LogP contribution in [0.2, 0.25) is 0 Å². The molecule has 1 aliphatic carbocycles. The molecule has 5 rings (SSSR count). The number of carbonyl (C=O) groups excluding carboxylic acids is 2. The minimum Gasteiger partial charge on any atom is -0.339 e. The molecular formula is C26H27FN4O3. The molecule has 0 unspecified atom stereocenters. The van der Waals surface area contributed by atoms with E-state index in [0.717, 1.165) is 24.8 Å². The van der Waals surface area contributed by atoms with E-state index in [9.17, 15) is 14.0 Å². The fourth-order valence-electron chi connectivity index (χ4n) is 5.04. The van der Waals surface area contributed by atoms with Crippen molar-refractivity contribution in [2.24, 2.45) is 11.3 Å². The van der Waals surface area contributed by atoms with Gasteiger partial charge in [0, 0.05) is 37.2 Å². The van der Waals surface area contributed by atoms with Gasteiger partial charge in [0.25, 0.3) is 5.91 Å². The van der Waals surface area contributed by atoms with E-state index in [1.807, 2.05) is 11.8 Å². The Balaban J connectivity index is 1.17. The van der Waals surface area contributed by atoms with Crippen LogP contribution >= 0.6 is 0 Å². The van der Waals surface area contributed by atoms with Gasteiger partial charge in [-0.2, -0.15) is 0 Å². The van der Waals surface area contributed by atoms with Crippen molar-refractivity contribution in [1.82, 2.24) is 20.1 Å². The van der Waals surface area contributed by atoms with Gasteiger partial charge in [-0.25, -0.2) is 9.02 Å². The SMILES string of the molecule is Cc1nonc1CN(C)C(=O)[C@@H]1CC12CCN(C(=O)c1ccc(-c3ccccc3F)cc1)CC2. The van der Waals surface area contributed by atoms with Crippen LogP contribution in [0.1, 0.15) is 41.0 Å². The Morgan fingerprint density at radius 2 is 1.82 bits per heavy atom. The predicted octanol–water partition coefficient (Wildman–Crippen LogP) is 4.09. The van der Waals surface area contributed by atoms with Crippen LogP contribution in [-0.4, -0.2) is 52.1 Å². The van der Waals surface area contributed by atoms with Crippen molar-refractivity contribution in [3.8, 4) is 11.1 Å². The van der Waals surface area contributed by atoms with Crippen molar-refractivity contribution in [2.75, 3.05) is 20.1 Å². The number of hydrogen-bond donors (Lipinski definition) is 0. The highest BCUT2D eigenvalue weighted by Crippen LogP contribution is 2.60. The number of amides is 2. The van der Waals surface area contributed by atoms with E-state index in [2.05, 4.69) is 10.3 Å². The van der Waals surface area contributed by atoms with Crippen molar-refractivity contribution < 1.29 is 18.6 Å². The zero-order chi connectivity index (χ0) is 23.9. The molecule has 2 amide bonds. The van der Waals surface area contributed by atoms with Gasteiger partial charge in [-0.3, -0.25) is 9.59 Å². The Hall–Kier alpha value is -3.55. The molecular weight excluding hydrogens is 435 g/mol. The highest BCUT2D eigenvalue weighted by molar-refractivity contribution is 5.95. The summed E-state index contributed by atoms with van der Waals surface area (Å²) in [5.74, 6) is -0.194. The lowest BCUT2D eigenvalue weighted by molar-refractivity contribution is -0.133. The number of piperidine rings is 1. The Labute approximate surface area is 197 Å². The molecule has 0 radical (unpaired) electrons. The van der Waals surface area contributed by atoms with Gasteiger partial charge in [0.05, 0.1) is 6.54 Å². The van der Waals surface area contributed by atoms with Gasteiger partial charge >= 0.3 is 0 Å². The van der Waals surface area contributed by atoms with Gasteiger partial charge in [-0.05, 0) is 55.4 Å². The molecule has 1 spiro atoms. The Kier molecular flexibility index (Phi) is 5.67. The number of rotatable bonds is 5. The Bertz CT molecular complexity index is 1210. The molecule has 2 aromatic carbocycles. The van der Waals surface area contributed by atoms with Crippen molar-refractivity contribution in [3.05, 3.63) is 71.3 Å². The van der Waals surface area contributed by atoms with Crippen LogP contribution in [0, 0.1) is 24.1 Å². The van der Waals surface area contributed by atoms with Gasteiger partial charge in [0.15, 0.2) is 0 Å². The minimum absolute atomic E-state index is 0.00466. The number of likely N-dealkylation sites (tertiary alicyclic amines) is 1. The molecule has 8 heteroatoms. The van der Waals surface area contributed by atoms with E-state index >= 15 is 0 Å². The zero-order valence-electron chi connectivity index (χ0n) is 19.3. The first-order chi connectivity index (χ1) is 16.4. The normalized spacial score (nSPS) is 18.7. The smallest absolute Gasteiger partial charge is 0.253 e. The maximum Gasteiger partial charge on any atom is 0.253 e. The van der Waals surface area contributed by atoms with Crippen LogP contribution in [0.25, 0.3) is 11.1 Å². The Morgan fingerprint density at radius 1 is 1.12 bits per heavy atom. The maximum absolute atomic E-state index is 14.0. The summed E-state index contributed by atoms with van der Waals surface area (Å²) in [5.41, 5.74) is 3.22. The molecule has 1 saturated carbocycles. The van der Waals surface area contributed by atoms with Gasteiger partial charge < -0.3 is 9.80 Å². The lowest BCUT2D eigenvalue weighted by Crippen LogP contribution is -2.40. The van der Waals surface area contributed by atoms with Crippen LogP contribution in [0.15, 0.2) is 53.2 Å². The summed E-state index contributed by atoms with van der Waals surface area (Å²) >= 11 is 0. The first-order valence-electron chi connectivity index (χ1n) is 11.6. The summed E-state index contributed by atoms with van der Waals surface area (Å²) in [6.07, 6.45) is 2.51. The van der Waals surface area contributed by atoms with Gasteiger partial charge in [-0.1, -0.05) is 40.6 Å². The summed E-state index contributed by atoms with van der Waals surface area (Å²) in [6, 6.07) is 13.7. The summed E-state index contributed by atoms with van der Waals surface area (Å²) in [7, 11) is 1.78. The molecule has 1 saturated heterocycles. The molecule has 34 heavy (non-hydrogen) atoms. The molecule has 0 bridgehead atoms. The van der Waals surface area contributed by atoms with Crippen LogP contribution in [0.4, 0.5) is 4.39 Å². The second-order valence-electron chi connectivity index (χ2n) is 9.46. The van der Waals surface area contributed by atoms with Crippen LogP contribution < -0.4 is 0 Å². The van der Waals surface area contributed by atoms with E-state index in [0.29, 0.717) is 42.1 Å². The van der Waals surface area contributed by atoms with E-state index in [1.165, 1.54) is 6.07 Å². The largest absolute Gasteiger partial charge is 0.339 e. The monoisotopic (exact) mass is 462 g/mol. The quantitative estimate of drug-likeness (QED) is 0.571. The topological polar surface area (TPSA) is 79.5 Å². The molecule has 2 fully saturated rings. The highest BCUT2D eigenvalue weighted by atomic mass is 19.1. The summed E-state index contributed by atoms with van der Waals surface area (Å²) in [6.45, 7) is 3.46. The summed E-state index contributed by atoms with van der Waals surface area (Å²) < 4.78 is 18.8. The van der Waals surface area contributed by atoms with E-state index in [-0.39, 0.29) is 29.0 Å². The minimum atomic E-state index is -0.282. The van der Waals surface area contributed by atoms with Gasteiger partial charge in [0.2, 0.25) is 5.91 Å². The van der Waals surface area contributed by atoms with Crippen molar-refractivity contribution in [2.45, 2.75) is 32.7 Å². The molecule has 1 aromatic heterocycles. The molecule has 176 valence electrons. The molecule has 7 nitrogen and oxygen atoms in total. The molecule has 0 N–H and O–H groups in total. The average Bonchev–Trinajstić information content (AvgIpc) is 3.40. The average molecular weight is 463 g/mol. The molecule has 3 aromatic rings. The fraction of sp³-hybridized carbons (Fsp3) is 0.385. The zero-order valence-corrected chi connectivity index (χ0v) is 19.3. The van der Waals surface area contributed by atoms with Crippen LogP contribution in [0.5, 0.6) is 0 Å².